The monoisotopic (exact) mass is 240 g/mol. The zero-order valence-corrected chi connectivity index (χ0v) is 10.7. The van der Waals surface area contributed by atoms with Crippen molar-refractivity contribution in [2.24, 2.45) is 5.73 Å². The Balaban J connectivity index is 1.92. The van der Waals surface area contributed by atoms with Crippen LogP contribution in [0.2, 0.25) is 0 Å². The summed E-state index contributed by atoms with van der Waals surface area (Å²) in [7, 11) is 0. The second-order valence-corrected chi connectivity index (χ2v) is 5.56. The maximum absolute atomic E-state index is 12.2. The van der Waals surface area contributed by atoms with Gasteiger partial charge in [-0.15, -0.1) is 0 Å². The number of hydrogen-bond acceptors (Lipinski definition) is 3. The molecule has 3 N–H and O–H groups in total. The molecule has 1 heterocycles. The third-order valence-corrected chi connectivity index (χ3v) is 4.09. The molecule has 0 aromatic carbocycles. The molecule has 17 heavy (non-hydrogen) atoms. The Labute approximate surface area is 103 Å². The maximum Gasteiger partial charge on any atom is 0.252 e. The van der Waals surface area contributed by atoms with Gasteiger partial charge in [0.05, 0.1) is 0 Å². The van der Waals surface area contributed by atoms with Crippen molar-refractivity contribution in [2.45, 2.75) is 69.6 Å². The number of nitrogens with one attached hydrogen (secondary N) is 1. The molecule has 3 unspecified atom stereocenters. The smallest absolute Gasteiger partial charge is 0.252 e. The van der Waals surface area contributed by atoms with Crippen molar-refractivity contribution < 1.29 is 9.53 Å². The Hall–Kier alpha value is -0.610. The van der Waals surface area contributed by atoms with Crippen molar-refractivity contribution in [3.63, 3.8) is 0 Å². The standard InChI is InChI=1S/C13H24N2O2/c1-13(8-5-9-17-13)12(16)15-11-7-4-2-3-6-10(11)14/h10-11H,2-9,14H2,1H3,(H,15,16). The van der Waals surface area contributed by atoms with Gasteiger partial charge in [0.15, 0.2) is 0 Å². The second-order valence-electron chi connectivity index (χ2n) is 5.56. The number of ether oxygens (including phenoxy) is 1. The molecular weight excluding hydrogens is 216 g/mol. The summed E-state index contributed by atoms with van der Waals surface area (Å²) >= 11 is 0. The summed E-state index contributed by atoms with van der Waals surface area (Å²) < 4.78 is 5.56. The molecule has 0 aromatic heterocycles. The average molecular weight is 240 g/mol. The van der Waals surface area contributed by atoms with Crippen LogP contribution >= 0.6 is 0 Å². The van der Waals surface area contributed by atoms with Crippen molar-refractivity contribution >= 4 is 5.91 Å². The van der Waals surface area contributed by atoms with Crippen molar-refractivity contribution in [2.75, 3.05) is 6.61 Å². The molecule has 0 bridgehead atoms. The van der Waals surface area contributed by atoms with E-state index in [-0.39, 0.29) is 18.0 Å². The minimum absolute atomic E-state index is 0.0253. The highest BCUT2D eigenvalue weighted by atomic mass is 16.5. The summed E-state index contributed by atoms with van der Waals surface area (Å²) in [6, 6.07) is 0.234. The number of amides is 1. The van der Waals surface area contributed by atoms with E-state index in [0.717, 1.165) is 32.1 Å². The molecule has 4 heteroatoms. The maximum atomic E-state index is 12.2. The van der Waals surface area contributed by atoms with Crippen molar-refractivity contribution in [1.29, 1.82) is 0 Å². The number of carbonyl (C=O) groups is 1. The van der Waals surface area contributed by atoms with E-state index in [0.29, 0.717) is 6.61 Å². The normalized spacial score (nSPS) is 38.7. The highest BCUT2D eigenvalue weighted by Crippen LogP contribution is 2.26. The zero-order valence-electron chi connectivity index (χ0n) is 10.7. The molecule has 1 aliphatic carbocycles. The largest absolute Gasteiger partial charge is 0.365 e. The van der Waals surface area contributed by atoms with Gasteiger partial charge in [0.1, 0.15) is 5.60 Å². The fourth-order valence-electron chi connectivity index (χ4n) is 2.79. The van der Waals surface area contributed by atoms with Gasteiger partial charge in [-0.3, -0.25) is 4.79 Å². The van der Waals surface area contributed by atoms with Gasteiger partial charge in [0.2, 0.25) is 0 Å². The Morgan fingerprint density at radius 2 is 2.06 bits per heavy atom. The van der Waals surface area contributed by atoms with Gasteiger partial charge in [0, 0.05) is 18.7 Å². The number of hydrogen-bond donors (Lipinski definition) is 2. The lowest BCUT2D eigenvalue weighted by atomic mass is 9.98. The van der Waals surface area contributed by atoms with E-state index in [2.05, 4.69) is 5.32 Å². The van der Waals surface area contributed by atoms with E-state index >= 15 is 0 Å². The van der Waals surface area contributed by atoms with E-state index < -0.39 is 5.60 Å². The van der Waals surface area contributed by atoms with Crippen LogP contribution in [0.3, 0.4) is 0 Å². The molecule has 3 atom stereocenters. The summed E-state index contributed by atoms with van der Waals surface area (Å²) in [6.45, 7) is 2.58. The molecule has 2 fully saturated rings. The SMILES string of the molecule is CC1(C(=O)NC2CCCCCC2N)CCCO1. The average Bonchev–Trinajstić information content (AvgIpc) is 2.65. The lowest BCUT2D eigenvalue weighted by Gasteiger charge is -2.28. The third-order valence-electron chi connectivity index (χ3n) is 4.09. The number of nitrogens with two attached hydrogens (primary N) is 1. The van der Waals surface area contributed by atoms with Crippen LogP contribution in [0.5, 0.6) is 0 Å². The Bertz CT molecular complexity index is 275. The fraction of sp³-hybridized carbons (Fsp3) is 0.923. The molecule has 0 aromatic rings. The predicted molar refractivity (Wildman–Crippen MR) is 66.6 cm³/mol. The van der Waals surface area contributed by atoms with Crippen LogP contribution in [-0.2, 0) is 9.53 Å². The van der Waals surface area contributed by atoms with Crippen molar-refractivity contribution in [3.8, 4) is 0 Å². The van der Waals surface area contributed by atoms with Crippen molar-refractivity contribution in [3.05, 3.63) is 0 Å². The van der Waals surface area contributed by atoms with Gasteiger partial charge < -0.3 is 15.8 Å². The van der Waals surface area contributed by atoms with Gasteiger partial charge in [-0.05, 0) is 32.6 Å². The van der Waals surface area contributed by atoms with Crippen molar-refractivity contribution in [1.82, 2.24) is 5.32 Å². The fourth-order valence-corrected chi connectivity index (χ4v) is 2.79. The summed E-state index contributed by atoms with van der Waals surface area (Å²) in [5, 5.41) is 3.10. The lowest BCUT2D eigenvalue weighted by Crippen LogP contribution is -2.53. The third kappa shape index (κ3) is 2.99. The summed E-state index contributed by atoms with van der Waals surface area (Å²) in [5.74, 6) is 0.0253. The minimum atomic E-state index is -0.619. The molecule has 0 spiro atoms. The van der Waals surface area contributed by atoms with Gasteiger partial charge in [-0.25, -0.2) is 0 Å². The van der Waals surface area contributed by atoms with Crippen LogP contribution in [0.15, 0.2) is 0 Å². The second kappa shape index (κ2) is 5.36. The molecule has 2 aliphatic rings. The van der Waals surface area contributed by atoms with Gasteiger partial charge >= 0.3 is 0 Å². The van der Waals surface area contributed by atoms with Crippen LogP contribution in [0, 0.1) is 0 Å². The lowest BCUT2D eigenvalue weighted by molar-refractivity contribution is -0.140. The first kappa shape index (κ1) is 12.8. The van der Waals surface area contributed by atoms with Crippen LogP contribution in [0.25, 0.3) is 0 Å². The van der Waals surface area contributed by atoms with Gasteiger partial charge in [-0.1, -0.05) is 19.3 Å². The highest BCUT2D eigenvalue weighted by Gasteiger charge is 2.39. The number of rotatable bonds is 2. The first-order chi connectivity index (χ1) is 8.12. The Kier molecular flexibility index (Phi) is 4.05. The summed E-state index contributed by atoms with van der Waals surface area (Å²) in [5.41, 5.74) is 5.49. The Morgan fingerprint density at radius 1 is 1.29 bits per heavy atom. The molecule has 2 rings (SSSR count). The van der Waals surface area contributed by atoms with E-state index in [1.807, 2.05) is 6.92 Å². The molecule has 1 saturated heterocycles. The first-order valence-electron chi connectivity index (χ1n) is 6.82. The molecule has 1 amide bonds. The van der Waals surface area contributed by atoms with E-state index in [9.17, 15) is 4.79 Å². The van der Waals surface area contributed by atoms with Crippen LogP contribution in [-0.4, -0.2) is 30.2 Å². The first-order valence-corrected chi connectivity index (χ1v) is 6.82. The van der Waals surface area contributed by atoms with Crippen LogP contribution in [0.4, 0.5) is 0 Å². The van der Waals surface area contributed by atoms with Gasteiger partial charge in [-0.2, -0.15) is 0 Å². The van der Waals surface area contributed by atoms with E-state index in [4.69, 9.17) is 10.5 Å². The topological polar surface area (TPSA) is 64.4 Å². The zero-order chi connectivity index (χ0) is 12.3. The predicted octanol–water partition coefficient (Wildman–Crippen LogP) is 1.33. The molecule has 98 valence electrons. The quantitative estimate of drug-likeness (QED) is 0.716. The summed E-state index contributed by atoms with van der Waals surface area (Å²) in [4.78, 5) is 12.2. The van der Waals surface area contributed by atoms with E-state index in [1.54, 1.807) is 0 Å². The highest BCUT2D eigenvalue weighted by molar-refractivity contribution is 5.85. The molecule has 1 saturated carbocycles. The van der Waals surface area contributed by atoms with Crippen LogP contribution < -0.4 is 11.1 Å². The Morgan fingerprint density at radius 3 is 2.76 bits per heavy atom. The van der Waals surface area contributed by atoms with Crippen LogP contribution in [0.1, 0.15) is 51.9 Å². The molecule has 1 aliphatic heterocycles. The molecule has 0 radical (unpaired) electrons. The summed E-state index contributed by atoms with van der Waals surface area (Å²) in [6.07, 6.45) is 7.39. The molecule has 4 nitrogen and oxygen atoms in total. The number of carbonyl (C=O) groups excluding carboxylic acids is 1. The minimum Gasteiger partial charge on any atom is -0.365 e. The van der Waals surface area contributed by atoms with E-state index in [1.165, 1.54) is 12.8 Å². The molecular formula is C13H24N2O2. The van der Waals surface area contributed by atoms with Gasteiger partial charge in [0.25, 0.3) is 5.91 Å².